The Morgan fingerprint density at radius 2 is 2.14 bits per heavy atom. The van der Waals surface area contributed by atoms with Gasteiger partial charge < -0.3 is 15.7 Å². The minimum Gasteiger partial charge on any atom is -0.394 e. The van der Waals surface area contributed by atoms with Gasteiger partial charge in [0.25, 0.3) is 0 Å². The van der Waals surface area contributed by atoms with Gasteiger partial charge in [0, 0.05) is 16.3 Å². The number of urea groups is 1. The highest BCUT2D eigenvalue weighted by molar-refractivity contribution is 7.99. The molecular weight excluding hydrogens is 320 g/mol. The highest BCUT2D eigenvalue weighted by Gasteiger charge is 2.23. The average Bonchev–Trinajstić information content (AvgIpc) is 2.53. The largest absolute Gasteiger partial charge is 0.394 e. The van der Waals surface area contributed by atoms with Gasteiger partial charge in [0.15, 0.2) is 0 Å². The van der Waals surface area contributed by atoms with Gasteiger partial charge in [0.1, 0.15) is 0 Å². The van der Waals surface area contributed by atoms with Gasteiger partial charge in [-0.1, -0.05) is 30.2 Å². The van der Waals surface area contributed by atoms with Gasteiger partial charge in [-0.2, -0.15) is 11.8 Å². The van der Waals surface area contributed by atoms with Crippen molar-refractivity contribution in [2.45, 2.75) is 43.0 Å². The van der Waals surface area contributed by atoms with Crippen molar-refractivity contribution >= 4 is 29.4 Å². The Morgan fingerprint density at radius 1 is 1.41 bits per heavy atom. The van der Waals surface area contributed by atoms with Crippen molar-refractivity contribution in [2.75, 3.05) is 12.9 Å². The van der Waals surface area contributed by atoms with E-state index < -0.39 is 6.04 Å². The van der Waals surface area contributed by atoms with Gasteiger partial charge in [-0.25, -0.2) is 4.79 Å². The van der Waals surface area contributed by atoms with E-state index in [0.29, 0.717) is 10.3 Å². The van der Waals surface area contributed by atoms with Gasteiger partial charge in [0.2, 0.25) is 0 Å². The lowest BCUT2D eigenvalue weighted by atomic mass is 9.95. The van der Waals surface area contributed by atoms with E-state index in [1.807, 2.05) is 23.9 Å². The summed E-state index contributed by atoms with van der Waals surface area (Å²) < 4.78 is 0. The van der Waals surface area contributed by atoms with Crippen LogP contribution in [0.1, 0.15) is 37.3 Å². The van der Waals surface area contributed by atoms with Gasteiger partial charge in [-0.3, -0.25) is 0 Å². The molecule has 1 aliphatic rings. The lowest BCUT2D eigenvalue weighted by Gasteiger charge is -2.29. The molecule has 1 saturated carbocycles. The van der Waals surface area contributed by atoms with E-state index >= 15 is 0 Å². The monoisotopic (exact) mass is 342 g/mol. The number of hydrogen-bond acceptors (Lipinski definition) is 3. The summed E-state index contributed by atoms with van der Waals surface area (Å²) in [5.41, 5.74) is 0.840. The van der Waals surface area contributed by atoms with Gasteiger partial charge in [-0.05, 0) is 43.2 Å². The number of carbonyl (C=O) groups is 1. The Labute approximate surface area is 141 Å². The molecule has 0 spiro atoms. The molecule has 1 aliphatic carbocycles. The lowest BCUT2D eigenvalue weighted by Crippen LogP contribution is -2.46. The third-order valence-corrected chi connectivity index (χ3v) is 5.40. The quantitative estimate of drug-likeness (QED) is 0.769. The Hall–Kier alpha value is -0.910. The molecule has 3 N–H and O–H groups in total. The molecule has 2 amide bonds. The maximum Gasteiger partial charge on any atom is 0.315 e. The number of amides is 2. The van der Waals surface area contributed by atoms with E-state index in [4.69, 9.17) is 11.6 Å². The first kappa shape index (κ1) is 17.4. The molecule has 122 valence electrons. The Balaban J connectivity index is 1.88. The van der Waals surface area contributed by atoms with Crippen LogP contribution in [-0.4, -0.2) is 35.3 Å². The minimum atomic E-state index is -0.419. The molecule has 22 heavy (non-hydrogen) atoms. The predicted molar refractivity (Wildman–Crippen MR) is 92.5 cm³/mol. The summed E-state index contributed by atoms with van der Waals surface area (Å²) in [6, 6.07) is 6.71. The van der Waals surface area contributed by atoms with Crippen molar-refractivity contribution in [3.8, 4) is 0 Å². The van der Waals surface area contributed by atoms with E-state index in [2.05, 4.69) is 16.9 Å². The zero-order chi connectivity index (χ0) is 15.9. The molecule has 1 fully saturated rings. The molecule has 0 saturated heterocycles. The van der Waals surface area contributed by atoms with E-state index in [-0.39, 0.29) is 18.7 Å². The van der Waals surface area contributed by atoms with Crippen LogP contribution in [0.3, 0.4) is 0 Å². The van der Waals surface area contributed by atoms with Crippen molar-refractivity contribution < 1.29 is 9.90 Å². The fourth-order valence-corrected chi connectivity index (χ4v) is 3.76. The number of thioether (sulfide) groups is 1. The van der Waals surface area contributed by atoms with Gasteiger partial charge in [0.05, 0.1) is 12.6 Å². The molecule has 1 aromatic rings. The molecule has 0 aromatic heterocycles. The maximum absolute atomic E-state index is 12.1. The van der Waals surface area contributed by atoms with Gasteiger partial charge >= 0.3 is 6.03 Å². The predicted octanol–water partition coefficient (Wildman–Crippen LogP) is 3.35. The Morgan fingerprint density at radius 3 is 2.77 bits per heavy atom. The van der Waals surface area contributed by atoms with Crippen molar-refractivity contribution in [2.24, 2.45) is 0 Å². The number of aliphatic hydroxyl groups is 1. The molecule has 4 nitrogen and oxygen atoms in total. The standard InChI is InChI=1S/C16H23ClN2O2S/c1-22-14-4-2-3-13(9-14)18-16(21)19-15(10-20)11-5-7-12(17)8-6-11/h5-8,13-15,20H,2-4,9-10H2,1H3,(H2,18,19,21). The molecule has 0 radical (unpaired) electrons. The van der Waals surface area contributed by atoms with Crippen LogP contribution in [0.15, 0.2) is 24.3 Å². The van der Waals surface area contributed by atoms with Crippen LogP contribution in [-0.2, 0) is 0 Å². The van der Waals surface area contributed by atoms with Crippen molar-refractivity contribution in [1.29, 1.82) is 0 Å². The Kier molecular flexibility index (Phi) is 6.86. The van der Waals surface area contributed by atoms with Crippen LogP contribution in [0.2, 0.25) is 5.02 Å². The van der Waals surface area contributed by atoms with Crippen LogP contribution in [0, 0.1) is 0 Å². The second kappa shape index (κ2) is 8.65. The highest BCUT2D eigenvalue weighted by Crippen LogP contribution is 2.26. The molecule has 3 atom stereocenters. The summed E-state index contributed by atoms with van der Waals surface area (Å²) in [5, 5.41) is 16.6. The first-order chi connectivity index (χ1) is 10.6. The van der Waals surface area contributed by atoms with Gasteiger partial charge in [-0.15, -0.1) is 0 Å². The molecule has 1 aromatic carbocycles. The molecule has 0 heterocycles. The highest BCUT2D eigenvalue weighted by atomic mass is 35.5. The summed E-state index contributed by atoms with van der Waals surface area (Å²) >= 11 is 7.73. The molecule has 2 rings (SSSR count). The zero-order valence-electron chi connectivity index (χ0n) is 12.7. The number of hydrogen-bond donors (Lipinski definition) is 3. The second-order valence-corrected chi connectivity index (χ2v) is 7.20. The minimum absolute atomic E-state index is 0.146. The zero-order valence-corrected chi connectivity index (χ0v) is 14.3. The number of benzene rings is 1. The molecule has 6 heteroatoms. The average molecular weight is 343 g/mol. The molecule has 0 aliphatic heterocycles. The number of rotatable bonds is 5. The van der Waals surface area contributed by atoms with Crippen LogP contribution in [0.5, 0.6) is 0 Å². The number of nitrogens with one attached hydrogen (secondary N) is 2. The molecular formula is C16H23ClN2O2S. The second-order valence-electron chi connectivity index (χ2n) is 5.63. The first-order valence-electron chi connectivity index (χ1n) is 7.58. The fourth-order valence-electron chi connectivity index (χ4n) is 2.80. The summed E-state index contributed by atoms with van der Waals surface area (Å²) in [6.07, 6.45) is 6.53. The lowest BCUT2D eigenvalue weighted by molar-refractivity contribution is 0.211. The van der Waals surface area contributed by atoms with Crippen LogP contribution >= 0.6 is 23.4 Å². The summed E-state index contributed by atoms with van der Waals surface area (Å²) in [6.45, 7) is -0.146. The Bertz CT molecular complexity index is 484. The van der Waals surface area contributed by atoms with Crippen LogP contribution in [0.25, 0.3) is 0 Å². The van der Waals surface area contributed by atoms with E-state index in [9.17, 15) is 9.90 Å². The first-order valence-corrected chi connectivity index (χ1v) is 9.25. The fraction of sp³-hybridized carbons (Fsp3) is 0.562. The number of carbonyl (C=O) groups excluding carboxylic acids is 1. The van der Waals surface area contributed by atoms with E-state index in [0.717, 1.165) is 24.8 Å². The summed E-state index contributed by atoms with van der Waals surface area (Å²) in [7, 11) is 0. The topological polar surface area (TPSA) is 61.4 Å². The maximum atomic E-state index is 12.1. The molecule has 0 bridgehead atoms. The van der Waals surface area contributed by atoms with Crippen LogP contribution < -0.4 is 10.6 Å². The van der Waals surface area contributed by atoms with E-state index in [1.54, 1.807) is 12.1 Å². The summed E-state index contributed by atoms with van der Waals surface area (Å²) in [4.78, 5) is 12.1. The van der Waals surface area contributed by atoms with Crippen molar-refractivity contribution in [3.05, 3.63) is 34.9 Å². The van der Waals surface area contributed by atoms with Crippen LogP contribution in [0.4, 0.5) is 4.79 Å². The third kappa shape index (κ3) is 5.07. The SMILES string of the molecule is CSC1CCCC(NC(=O)NC(CO)c2ccc(Cl)cc2)C1. The van der Waals surface area contributed by atoms with E-state index in [1.165, 1.54) is 6.42 Å². The summed E-state index contributed by atoms with van der Waals surface area (Å²) in [5.74, 6) is 0. The third-order valence-electron chi connectivity index (χ3n) is 4.05. The van der Waals surface area contributed by atoms with Crippen molar-refractivity contribution in [3.63, 3.8) is 0 Å². The molecule has 3 unspecified atom stereocenters. The number of aliphatic hydroxyl groups excluding tert-OH is 1. The van der Waals surface area contributed by atoms with Crippen molar-refractivity contribution in [1.82, 2.24) is 10.6 Å². The smallest absolute Gasteiger partial charge is 0.315 e. The normalized spacial score (nSPS) is 22.9. The number of halogens is 1.